The van der Waals surface area contributed by atoms with Gasteiger partial charge in [0.2, 0.25) is 5.91 Å². The van der Waals surface area contributed by atoms with Crippen LogP contribution in [0.2, 0.25) is 0 Å². The van der Waals surface area contributed by atoms with Gasteiger partial charge >= 0.3 is 5.97 Å². The Kier molecular flexibility index (Phi) is 8.71. The van der Waals surface area contributed by atoms with Crippen molar-refractivity contribution in [2.75, 3.05) is 6.61 Å². The third kappa shape index (κ3) is 7.08. The lowest BCUT2D eigenvalue weighted by molar-refractivity contribution is -0.169. The van der Waals surface area contributed by atoms with Gasteiger partial charge in [0.1, 0.15) is 22.8 Å². The van der Waals surface area contributed by atoms with E-state index in [1.54, 1.807) is 65.8 Å². The van der Waals surface area contributed by atoms with E-state index < -0.39 is 40.8 Å². The number of hydrogen-bond donors (Lipinski definition) is 1. The molecule has 180 valence electrons. The molecule has 1 unspecified atom stereocenters. The average Bonchev–Trinajstić information content (AvgIpc) is 2.72. The fraction of sp³-hybridized carbons (Fsp3) is 0.500. The first-order chi connectivity index (χ1) is 15.3. The minimum absolute atomic E-state index is 0.165. The van der Waals surface area contributed by atoms with Crippen molar-refractivity contribution < 1.29 is 28.7 Å². The predicted molar refractivity (Wildman–Crippen MR) is 126 cm³/mol. The summed E-state index contributed by atoms with van der Waals surface area (Å²) in [4.78, 5) is 52.1. The topological polar surface area (TPSA) is 102 Å². The standard InChI is InChI=1S/C24H32N2O6S/c1-14(2)19(22(29)32-24(5,6)7)26-20(28)18(21(26)33-23(30)15(3)4)25-17(27)13-31-16-11-9-8-10-12-16/h8-12,15,18-19,21H,1,13H2,2-7H3,(H,25,27)/t18-,19?,21-/m1/s1. The molecule has 1 aromatic rings. The van der Waals surface area contributed by atoms with E-state index in [0.717, 1.165) is 11.8 Å². The van der Waals surface area contributed by atoms with E-state index in [9.17, 15) is 19.2 Å². The van der Waals surface area contributed by atoms with E-state index in [2.05, 4.69) is 11.9 Å². The van der Waals surface area contributed by atoms with Crippen LogP contribution in [0.5, 0.6) is 5.75 Å². The van der Waals surface area contributed by atoms with Gasteiger partial charge in [0.25, 0.3) is 5.91 Å². The quantitative estimate of drug-likeness (QED) is 0.332. The Labute approximate surface area is 199 Å². The molecule has 0 radical (unpaired) electrons. The Morgan fingerprint density at radius 1 is 1.18 bits per heavy atom. The third-order valence-electron chi connectivity index (χ3n) is 4.59. The Balaban J connectivity index is 2.18. The van der Waals surface area contributed by atoms with E-state index in [0.29, 0.717) is 11.3 Å². The van der Waals surface area contributed by atoms with Crippen molar-refractivity contribution in [3.05, 3.63) is 42.5 Å². The minimum atomic E-state index is -1.07. The number of amides is 2. The second kappa shape index (κ2) is 10.9. The third-order valence-corrected chi connectivity index (χ3v) is 6.04. The summed E-state index contributed by atoms with van der Waals surface area (Å²) in [6.07, 6.45) is 0. The van der Waals surface area contributed by atoms with Crippen molar-refractivity contribution >= 4 is 34.7 Å². The first-order valence-corrected chi connectivity index (χ1v) is 11.6. The van der Waals surface area contributed by atoms with Crippen molar-refractivity contribution in [3.63, 3.8) is 0 Å². The fourth-order valence-corrected chi connectivity index (χ4v) is 4.23. The van der Waals surface area contributed by atoms with Crippen molar-refractivity contribution in [2.24, 2.45) is 5.92 Å². The molecule has 8 nitrogen and oxygen atoms in total. The van der Waals surface area contributed by atoms with Gasteiger partial charge in [-0.05, 0) is 45.4 Å². The highest BCUT2D eigenvalue weighted by atomic mass is 32.2. The highest BCUT2D eigenvalue weighted by Crippen LogP contribution is 2.36. The largest absolute Gasteiger partial charge is 0.484 e. The Morgan fingerprint density at radius 2 is 1.79 bits per heavy atom. The molecule has 1 aliphatic rings. The highest BCUT2D eigenvalue weighted by Gasteiger charge is 2.55. The highest BCUT2D eigenvalue weighted by molar-refractivity contribution is 8.14. The normalized spacial score (nSPS) is 18.9. The number of hydrogen-bond acceptors (Lipinski definition) is 7. The van der Waals surface area contributed by atoms with Crippen LogP contribution in [-0.2, 0) is 23.9 Å². The van der Waals surface area contributed by atoms with Gasteiger partial charge in [0, 0.05) is 5.92 Å². The molecule has 0 bridgehead atoms. The molecule has 33 heavy (non-hydrogen) atoms. The number of ether oxygens (including phenoxy) is 2. The van der Waals surface area contributed by atoms with E-state index in [1.165, 1.54) is 4.90 Å². The van der Waals surface area contributed by atoms with Gasteiger partial charge < -0.3 is 19.7 Å². The zero-order chi connectivity index (χ0) is 24.9. The summed E-state index contributed by atoms with van der Waals surface area (Å²) in [6.45, 7) is 13.8. The second-order valence-electron chi connectivity index (χ2n) is 9.16. The Morgan fingerprint density at radius 3 is 2.30 bits per heavy atom. The molecule has 1 heterocycles. The van der Waals surface area contributed by atoms with Crippen LogP contribution in [0.4, 0.5) is 0 Å². The zero-order valence-electron chi connectivity index (χ0n) is 19.9. The summed E-state index contributed by atoms with van der Waals surface area (Å²) in [5.41, 5.74) is -0.366. The molecule has 3 atom stereocenters. The van der Waals surface area contributed by atoms with Crippen molar-refractivity contribution in [1.82, 2.24) is 10.2 Å². The SMILES string of the molecule is C=C(C)C(C(=O)OC(C)(C)C)N1C(=O)[C@@H](NC(=O)COc2ccccc2)[C@H]1SC(=O)C(C)C. The molecule has 1 aliphatic heterocycles. The van der Waals surface area contributed by atoms with Crippen molar-refractivity contribution in [2.45, 2.75) is 64.6 Å². The fourth-order valence-electron chi connectivity index (χ4n) is 3.06. The molecule has 1 saturated heterocycles. The smallest absolute Gasteiger partial charge is 0.333 e. The van der Waals surface area contributed by atoms with E-state index >= 15 is 0 Å². The van der Waals surface area contributed by atoms with Gasteiger partial charge in [0.15, 0.2) is 17.8 Å². The summed E-state index contributed by atoms with van der Waals surface area (Å²) in [6, 6.07) is 6.75. The maximum Gasteiger partial charge on any atom is 0.333 e. The van der Waals surface area contributed by atoms with Gasteiger partial charge in [-0.15, -0.1) is 0 Å². The lowest BCUT2D eigenvalue weighted by atomic mass is 9.99. The van der Waals surface area contributed by atoms with Crippen LogP contribution in [0, 0.1) is 5.92 Å². The number of carbonyl (C=O) groups is 4. The summed E-state index contributed by atoms with van der Waals surface area (Å²) < 4.78 is 10.9. The number of nitrogens with one attached hydrogen (secondary N) is 1. The Bertz CT molecular complexity index is 909. The molecule has 1 fully saturated rings. The number of rotatable bonds is 9. The Hall–Kier alpha value is -2.81. The number of β-lactam (4-membered cyclic amide) rings is 1. The van der Waals surface area contributed by atoms with Crippen LogP contribution in [0.1, 0.15) is 41.5 Å². The molecule has 9 heteroatoms. The maximum atomic E-state index is 13.0. The number of nitrogens with zero attached hydrogens (tertiary/aromatic N) is 1. The first kappa shape index (κ1) is 26.4. The molecule has 2 rings (SSSR count). The van der Waals surface area contributed by atoms with Crippen LogP contribution in [0.3, 0.4) is 0 Å². The monoisotopic (exact) mass is 476 g/mol. The molecular weight excluding hydrogens is 444 g/mol. The molecule has 1 aromatic carbocycles. The summed E-state index contributed by atoms with van der Waals surface area (Å²) >= 11 is 0.914. The molecule has 0 aliphatic carbocycles. The predicted octanol–water partition coefficient (Wildman–Crippen LogP) is 2.92. The molecule has 0 spiro atoms. The van der Waals surface area contributed by atoms with E-state index in [-0.39, 0.29) is 17.6 Å². The number of thioether (sulfide) groups is 1. The summed E-state index contributed by atoms with van der Waals surface area (Å²) in [5, 5.41) is 1.69. The first-order valence-electron chi connectivity index (χ1n) is 10.7. The zero-order valence-corrected chi connectivity index (χ0v) is 20.7. The molecular formula is C24H32N2O6S. The molecule has 2 amide bonds. The van der Waals surface area contributed by atoms with Gasteiger partial charge in [-0.25, -0.2) is 4.79 Å². The van der Waals surface area contributed by atoms with E-state index in [4.69, 9.17) is 9.47 Å². The number of benzene rings is 1. The van der Waals surface area contributed by atoms with Gasteiger partial charge in [-0.1, -0.05) is 50.4 Å². The van der Waals surface area contributed by atoms with E-state index in [1.807, 2.05) is 6.07 Å². The van der Waals surface area contributed by atoms with Gasteiger partial charge in [-0.3, -0.25) is 14.4 Å². The summed E-state index contributed by atoms with van der Waals surface area (Å²) in [5.74, 6) is -1.42. The molecule has 0 saturated carbocycles. The van der Waals surface area contributed by atoms with Gasteiger partial charge in [-0.2, -0.15) is 0 Å². The number of likely N-dealkylation sites (tertiary alicyclic amines) is 1. The minimum Gasteiger partial charge on any atom is -0.484 e. The van der Waals surface area contributed by atoms with Crippen LogP contribution >= 0.6 is 11.8 Å². The summed E-state index contributed by atoms with van der Waals surface area (Å²) in [7, 11) is 0. The average molecular weight is 477 g/mol. The molecule has 0 aromatic heterocycles. The number of carbonyl (C=O) groups excluding carboxylic acids is 4. The van der Waals surface area contributed by atoms with Crippen LogP contribution in [0.15, 0.2) is 42.5 Å². The lowest BCUT2D eigenvalue weighted by Gasteiger charge is -2.49. The van der Waals surface area contributed by atoms with Crippen LogP contribution in [0.25, 0.3) is 0 Å². The number of para-hydroxylation sites is 1. The van der Waals surface area contributed by atoms with Crippen molar-refractivity contribution in [1.29, 1.82) is 0 Å². The lowest BCUT2D eigenvalue weighted by Crippen LogP contribution is -2.73. The maximum absolute atomic E-state index is 13.0. The second-order valence-corrected chi connectivity index (χ2v) is 10.3. The number of esters is 1. The van der Waals surface area contributed by atoms with Crippen molar-refractivity contribution in [3.8, 4) is 5.75 Å². The van der Waals surface area contributed by atoms with Crippen LogP contribution in [-0.4, -0.2) is 57.5 Å². The van der Waals surface area contributed by atoms with Gasteiger partial charge in [0.05, 0.1) is 0 Å². The van der Waals surface area contributed by atoms with Crippen LogP contribution < -0.4 is 10.1 Å². The molecule has 1 N–H and O–H groups in total.